The van der Waals surface area contributed by atoms with Gasteiger partial charge in [0.1, 0.15) is 0 Å². The molecule has 0 aliphatic heterocycles. The Balaban J connectivity index is 2.78. The maximum absolute atomic E-state index is 3.66. The van der Waals surface area contributed by atoms with Crippen molar-refractivity contribution in [1.29, 1.82) is 0 Å². The zero-order valence-corrected chi connectivity index (χ0v) is 12.6. The maximum atomic E-state index is 3.66. The van der Waals surface area contributed by atoms with E-state index in [2.05, 4.69) is 70.0 Å². The van der Waals surface area contributed by atoms with Crippen LogP contribution in [0.1, 0.15) is 32.3 Å². The Morgan fingerprint density at radius 3 is 2.00 bits per heavy atom. The molecule has 0 amide bonds. The van der Waals surface area contributed by atoms with E-state index in [1.54, 1.807) is 0 Å². The molecule has 0 unspecified atom stereocenters. The van der Waals surface area contributed by atoms with Crippen LogP contribution in [0.15, 0.2) is 28.7 Å². The molecule has 1 aromatic rings. The summed E-state index contributed by atoms with van der Waals surface area (Å²) >= 11 is 7.12. The fourth-order valence-electron chi connectivity index (χ4n) is 1.77. The predicted molar refractivity (Wildman–Crippen MR) is 74.7 cm³/mol. The highest BCUT2D eigenvalue weighted by atomic mass is 79.9. The van der Waals surface area contributed by atoms with E-state index in [4.69, 9.17) is 0 Å². The molecule has 1 aromatic carbocycles. The zero-order valence-electron chi connectivity index (χ0n) is 9.39. The molecule has 0 nitrogen and oxygen atoms in total. The number of benzene rings is 1. The lowest BCUT2D eigenvalue weighted by Crippen LogP contribution is -2.23. The molecule has 0 heterocycles. The Hall–Kier alpha value is 0.180. The van der Waals surface area contributed by atoms with Gasteiger partial charge in [-0.15, -0.1) is 0 Å². The van der Waals surface area contributed by atoms with E-state index in [0.717, 1.165) is 9.80 Å². The van der Waals surface area contributed by atoms with Gasteiger partial charge < -0.3 is 0 Å². The van der Waals surface area contributed by atoms with Crippen LogP contribution in [0.4, 0.5) is 0 Å². The molecule has 0 spiro atoms. The fourth-order valence-corrected chi connectivity index (χ4v) is 3.03. The van der Waals surface area contributed by atoms with Gasteiger partial charge >= 0.3 is 0 Å². The summed E-state index contributed by atoms with van der Waals surface area (Å²) in [6.07, 6.45) is 3.62. The van der Waals surface area contributed by atoms with E-state index in [1.165, 1.54) is 24.8 Å². The number of rotatable bonds is 5. The van der Waals surface area contributed by atoms with Gasteiger partial charge in [-0.2, -0.15) is 0 Å². The average molecular weight is 334 g/mol. The molecule has 2 heteroatoms. The first-order chi connectivity index (χ1) is 7.15. The van der Waals surface area contributed by atoms with Gasteiger partial charge in [-0.25, -0.2) is 0 Å². The van der Waals surface area contributed by atoms with Gasteiger partial charge in [-0.05, 0) is 42.4 Å². The van der Waals surface area contributed by atoms with E-state index >= 15 is 0 Å². The van der Waals surface area contributed by atoms with Crippen LogP contribution in [0.25, 0.3) is 0 Å². The molecule has 0 atom stereocenters. The summed E-state index contributed by atoms with van der Waals surface area (Å²) in [7, 11) is 0. The van der Waals surface area contributed by atoms with Crippen molar-refractivity contribution in [3.63, 3.8) is 0 Å². The number of halogens is 2. The first-order valence-corrected chi connectivity index (χ1v) is 7.37. The summed E-state index contributed by atoms with van der Waals surface area (Å²) in [5.41, 5.74) is 1.86. The second-order valence-corrected chi connectivity index (χ2v) is 5.62. The minimum atomic E-state index is 0.424. The molecule has 15 heavy (non-hydrogen) atoms. The third-order valence-electron chi connectivity index (χ3n) is 3.28. The monoisotopic (exact) mass is 332 g/mol. The van der Waals surface area contributed by atoms with Gasteiger partial charge in [0.05, 0.1) is 0 Å². The van der Waals surface area contributed by atoms with E-state index in [1.807, 2.05) is 0 Å². The van der Waals surface area contributed by atoms with Gasteiger partial charge in [0.2, 0.25) is 0 Å². The molecule has 0 saturated carbocycles. The summed E-state index contributed by atoms with van der Waals surface area (Å²) in [6, 6.07) is 8.68. The van der Waals surface area contributed by atoms with Crippen molar-refractivity contribution in [2.24, 2.45) is 5.41 Å². The summed E-state index contributed by atoms with van der Waals surface area (Å²) in [5, 5.41) is 1.09. The van der Waals surface area contributed by atoms with Crippen LogP contribution in [-0.4, -0.2) is 5.33 Å². The zero-order chi connectivity index (χ0) is 11.3. The third-order valence-corrected chi connectivity index (χ3v) is 4.99. The van der Waals surface area contributed by atoms with Crippen molar-refractivity contribution >= 4 is 31.9 Å². The lowest BCUT2D eigenvalue weighted by molar-refractivity contribution is 0.307. The first kappa shape index (κ1) is 13.2. The molecule has 0 aliphatic rings. The van der Waals surface area contributed by atoms with E-state index in [0.29, 0.717) is 5.41 Å². The molecular weight excluding hydrogens is 316 g/mol. The van der Waals surface area contributed by atoms with Crippen LogP contribution in [0, 0.1) is 5.41 Å². The molecule has 0 aliphatic carbocycles. The van der Waals surface area contributed by atoms with Crippen LogP contribution in [0.3, 0.4) is 0 Å². The highest BCUT2D eigenvalue weighted by molar-refractivity contribution is 9.10. The number of hydrogen-bond acceptors (Lipinski definition) is 0. The third kappa shape index (κ3) is 3.60. The predicted octanol–water partition coefficient (Wildman–Crippen LogP) is 5.19. The quantitative estimate of drug-likeness (QED) is 0.650. The lowest BCUT2D eigenvalue weighted by Gasteiger charge is -2.29. The average Bonchev–Trinajstić information content (AvgIpc) is 2.29. The van der Waals surface area contributed by atoms with Crippen LogP contribution >= 0.6 is 31.9 Å². The van der Waals surface area contributed by atoms with Crippen molar-refractivity contribution in [3.8, 4) is 0 Å². The minimum Gasteiger partial charge on any atom is -0.0922 e. The van der Waals surface area contributed by atoms with Gasteiger partial charge in [0.25, 0.3) is 0 Å². The van der Waals surface area contributed by atoms with Crippen LogP contribution in [0.2, 0.25) is 0 Å². The largest absolute Gasteiger partial charge is 0.0922 e. The van der Waals surface area contributed by atoms with E-state index in [-0.39, 0.29) is 0 Å². The minimum absolute atomic E-state index is 0.424. The van der Waals surface area contributed by atoms with Crippen molar-refractivity contribution in [2.75, 3.05) is 5.33 Å². The topological polar surface area (TPSA) is 0 Å². The van der Waals surface area contributed by atoms with Crippen molar-refractivity contribution in [2.45, 2.75) is 33.1 Å². The van der Waals surface area contributed by atoms with Crippen LogP contribution < -0.4 is 0 Å². The van der Waals surface area contributed by atoms with Crippen molar-refractivity contribution in [3.05, 3.63) is 34.3 Å². The Morgan fingerprint density at radius 2 is 1.60 bits per heavy atom. The maximum Gasteiger partial charge on any atom is 0.0175 e. The van der Waals surface area contributed by atoms with Crippen molar-refractivity contribution < 1.29 is 0 Å². The Kier molecular flexibility index (Phi) is 5.34. The van der Waals surface area contributed by atoms with Crippen LogP contribution in [-0.2, 0) is 6.42 Å². The Bertz CT molecular complexity index is 278. The molecule has 0 aromatic heterocycles. The van der Waals surface area contributed by atoms with E-state index < -0.39 is 0 Å². The second kappa shape index (κ2) is 6.05. The van der Waals surface area contributed by atoms with Gasteiger partial charge in [-0.3, -0.25) is 0 Å². The molecular formula is C13H18Br2. The smallest absolute Gasteiger partial charge is 0.0175 e. The van der Waals surface area contributed by atoms with Crippen molar-refractivity contribution in [1.82, 2.24) is 0 Å². The SMILES string of the molecule is CCC(CC)(CBr)Cc1ccc(Br)cc1. The Morgan fingerprint density at radius 1 is 1.07 bits per heavy atom. The number of hydrogen-bond donors (Lipinski definition) is 0. The summed E-state index contributed by atoms with van der Waals surface area (Å²) < 4.78 is 1.16. The second-order valence-electron chi connectivity index (χ2n) is 4.14. The first-order valence-electron chi connectivity index (χ1n) is 5.46. The summed E-state index contributed by atoms with van der Waals surface area (Å²) in [5.74, 6) is 0. The highest BCUT2D eigenvalue weighted by Gasteiger charge is 2.24. The van der Waals surface area contributed by atoms with Gasteiger partial charge in [-0.1, -0.05) is 57.8 Å². The van der Waals surface area contributed by atoms with Crippen LogP contribution in [0.5, 0.6) is 0 Å². The molecule has 0 radical (unpaired) electrons. The number of alkyl halides is 1. The molecule has 84 valence electrons. The Labute approximate surface area is 110 Å². The highest BCUT2D eigenvalue weighted by Crippen LogP contribution is 2.33. The molecule has 0 N–H and O–H groups in total. The lowest BCUT2D eigenvalue weighted by atomic mass is 9.79. The fraction of sp³-hybridized carbons (Fsp3) is 0.538. The summed E-state index contributed by atoms with van der Waals surface area (Å²) in [6.45, 7) is 4.56. The molecule has 1 rings (SSSR count). The molecule has 0 bridgehead atoms. The normalized spacial score (nSPS) is 11.7. The van der Waals surface area contributed by atoms with E-state index in [9.17, 15) is 0 Å². The standard InChI is InChI=1S/C13H18Br2/c1-3-13(4-2,10-14)9-11-5-7-12(15)8-6-11/h5-8H,3-4,9-10H2,1-2H3. The summed E-state index contributed by atoms with van der Waals surface area (Å²) in [4.78, 5) is 0. The molecule has 0 fully saturated rings. The molecule has 0 saturated heterocycles. The van der Waals surface area contributed by atoms with Gasteiger partial charge in [0, 0.05) is 9.80 Å². The van der Waals surface area contributed by atoms with Gasteiger partial charge in [0.15, 0.2) is 0 Å².